The number of carboxylic acids is 1. The lowest BCUT2D eigenvalue weighted by Gasteiger charge is -2.40. The first-order chi connectivity index (χ1) is 19.5. The van der Waals surface area contributed by atoms with E-state index in [1.54, 1.807) is 37.3 Å². The molecule has 210 valence electrons. The van der Waals surface area contributed by atoms with Crippen LogP contribution in [0.4, 0.5) is 10.1 Å². The van der Waals surface area contributed by atoms with Gasteiger partial charge in [-0.05, 0) is 54.3 Å². The minimum atomic E-state index is -1.25. The summed E-state index contributed by atoms with van der Waals surface area (Å²) in [5, 5.41) is 19.1. The number of rotatable bonds is 4. The fourth-order valence-corrected chi connectivity index (χ4v) is 7.90. The maximum absolute atomic E-state index is 16.1. The second-order valence-electron chi connectivity index (χ2n) is 11.7. The zero-order valence-electron chi connectivity index (χ0n) is 22.6. The van der Waals surface area contributed by atoms with Crippen LogP contribution in [0.25, 0.3) is 10.9 Å². The largest absolute Gasteiger partial charge is 0.478 e. The molecule has 10 heteroatoms. The number of benzene rings is 3. The number of nitrogens with zero attached hydrogens (tertiary/aromatic N) is 3. The van der Waals surface area contributed by atoms with E-state index in [0.717, 1.165) is 16.6 Å². The molecule has 0 unspecified atom stereocenters. The van der Waals surface area contributed by atoms with E-state index in [0.29, 0.717) is 40.3 Å². The normalized spacial score (nSPS) is 24.8. The molecular weight excluding hydrogens is 566 g/mol. The topological polar surface area (TPSA) is 87.5 Å². The van der Waals surface area contributed by atoms with Crippen molar-refractivity contribution < 1.29 is 19.1 Å². The van der Waals surface area contributed by atoms with Crippen LogP contribution in [0.2, 0.25) is 10.0 Å². The Morgan fingerprint density at radius 2 is 2.00 bits per heavy atom. The van der Waals surface area contributed by atoms with Crippen LogP contribution in [-0.4, -0.2) is 44.3 Å². The van der Waals surface area contributed by atoms with Gasteiger partial charge in [0.15, 0.2) is 0 Å². The Morgan fingerprint density at radius 3 is 2.73 bits per heavy atom. The van der Waals surface area contributed by atoms with Crippen molar-refractivity contribution in [3.63, 3.8) is 0 Å². The number of nitrogens with one attached hydrogen (secondary N) is 1. The van der Waals surface area contributed by atoms with Gasteiger partial charge in [-0.25, -0.2) is 9.18 Å². The molecule has 41 heavy (non-hydrogen) atoms. The van der Waals surface area contributed by atoms with E-state index in [4.69, 9.17) is 28.3 Å². The molecule has 3 aromatic carbocycles. The third kappa shape index (κ3) is 3.50. The third-order valence-corrected chi connectivity index (χ3v) is 9.49. The van der Waals surface area contributed by atoms with Crippen LogP contribution in [-0.2, 0) is 16.8 Å². The molecule has 0 aliphatic carbocycles. The molecule has 3 aliphatic rings. The first-order valence-corrected chi connectivity index (χ1v) is 14.4. The van der Waals surface area contributed by atoms with Crippen molar-refractivity contribution in [2.24, 2.45) is 5.92 Å². The van der Waals surface area contributed by atoms with Gasteiger partial charge >= 0.3 is 5.97 Å². The zero-order valence-corrected chi connectivity index (χ0v) is 24.1. The maximum Gasteiger partial charge on any atom is 0.336 e. The van der Waals surface area contributed by atoms with Gasteiger partial charge in [0.1, 0.15) is 11.4 Å². The Kier molecular flexibility index (Phi) is 5.82. The van der Waals surface area contributed by atoms with E-state index in [2.05, 4.69) is 24.1 Å². The van der Waals surface area contributed by atoms with Gasteiger partial charge in [0.25, 0.3) is 0 Å². The van der Waals surface area contributed by atoms with Crippen molar-refractivity contribution in [1.29, 1.82) is 0 Å². The van der Waals surface area contributed by atoms with Crippen LogP contribution in [0, 0.1) is 18.7 Å². The number of carbonyl (C=O) groups excluding carboxylic acids is 1. The summed E-state index contributed by atoms with van der Waals surface area (Å²) in [7, 11) is 0. The number of hydrogen-bond acceptors (Lipinski definition) is 4. The average Bonchev–Trinajstić information content (AvgIpc) is 3.59. The number of aromatic carboxylic acids is 1. The number of fused-ring (bicyclic) bond motifs is 7. The summed E-state index contributed by atoms with van der Waals surface area (Å²) >= 11 is 12.7. The Hall–Kier alpha value is -3.46. The summed E-state index contributed by atoms with van der Waals surface area (Å²) in [6.07, 6.45) is 0.566. The highest BCUT2D eigenvalue weighted by molar-refractivity contribution is 6.31. The van der Waals surface area contributed by atoms with E-state index in [1.807, 2.05) is 16.8 Å². The summed E-state index contributed by atoms with van der Waals surface area (Å²) in [4.78, 5) is 28.5. The number of anilines is 1. The van der Waals surface area contributed by atoms with Gasteiger partial charge in [-0.1, -0.05) is 55.2 Å². The second-order valence-corrected chi connectivity index (χ2v) is 12.6. The quantitative estimate of drug-likeness (QED) is 0.280. The highest BCUT2D eigenvalue weighted by atomic mass is 35.5. The van der Waals surface area contributed by atoms with Crippen molar-refractivity contribution in [3.05, 3.63) is 92.3 Å². The van der Waals surface area contributed by atoms with Gasteiger partial charge in [0, 0.05) is 52.3 Å². The van der Waals surface area contributed by atoms with E-state index in [-0.39, 0.29) is 28.5 Å². The predicted octanol–water partition coefficient (Wildman–Crippen LogP) is 6.56. The highest BCUT2D eigenvalue weighted by Gasteiger charge is 2.69. The molecule has 4 atom stereocenters. The number of halogens is 3. The number of carbonyl (C=O) groups is 2. The minimum absolute atomic E-state index is 0.0168. The van der Waals surface area contributed by atoms with Crippen molar-refractivity contribution in [2.75, 3.05) is 11.9 Å². The lowest BCUT2D eigenvalue weighted by molar-refractivity contribution is -0.128. The summed E-state index contributed by atoms with van der Waals surface area (Å²) < 4.78 is 18.0. The fourth-order valence-electron chi connectivity index (χ4n) is 7.55. The standard InChI is InChI=1S/C31H27Cl2FN4O3/c1-14(2)13-37-25-12-24-19-9-15(3)18(29(39)40)11-22(19)36-38(24)28(25)26(17-5-4-6-21(33)27(17)34)31(37)20-8-7-16(32)10-23(20)35-30(31)41/h4-11,14,25-26,28H,12-13H2,1-3H3,(H,35,41)(H,39,40)/t25-,26-,28+,31+/m0/s1. The van der Waals surface area contributed by atoms with Gasteiger partial charge in [-0.3, -0.25) is 14.4 Å². The second kappa shape index (κ2) is 9.02. The van der Waals surface area contributed by atoms with Crippen molar-refractivity contribution in [1.82, 2.24) is 14.7 Å². The van der Waals surface area contributed by atoms with E-state index in [1.165, 1.54) is 6.07 Å². The molecule has 1 aromatic heterocycles. The summed E-state index contributed by atoms with van der Waals surface area (Å²) in [6.45, 7) is 6.56. The van der Waals surface area contributed by atoms with Crippen LogP contribution in [0.15, 0.2) is 48.5 Å². The molecule has 1 spiro atoms. The Morgan fingerprint density at radius 1 is 1.22 bits per heavy atom. The molecule has 4 heterocycles. The fraction of sp³-hybridized carbons (Fsp3) is 0.323. The number of likely N-dealkylation sites (tertiary alicyclic amines) is 1. The Bertz CT molecular complexity index is 1800. The van der Waals surface area contributed by atoms with Crippen molar-refractivity contribution in [3.8, 4) is 0 Å². The SMILES string of the molecule is Cc1cc2c3n(nc2cc1C(=O)O)[C@@H]1[C@H](C3)N(CC(C)C)[C@@]2(C(=O)Nc3cc(Cl)ccc32)[C@H]1c1cccc(Cl)c1F. The van der Waals surface area contributed by atoms with E-state index >= 15 is 4.39 Å². The number of carboxylic acid groups (broad SMARTS) is 1. The van der Waals surface area contributed by atoms with Gasteiger partial charge in [-0.2, -0.15) is 5.10 Å². The lowest BCUT2D eigenvalue weighted by atomic mass is 9.73. The number of aryl methyl sites for hydroxylation is 1. The first kappa shape index (κ1) is 26.4. The van der Waals surface area contributed by atoms with Gasteiger partial charge in [0.2, 0.25) is 5.91 Å². The lowest BCUT2D eigenvalue weighted by Crippen LogP contribution is -2.53. The molecule has 0 saturated carbocycles. The smallest absolute Gasteiger partial charge is 0.336 e. The molecule has 2 N–H and O–H groups in total. The predicted molar refractivity (Wildman–Crippen MR) is 155 cm³/mol. The summed E-state index contributed by atoms with van der Waals surface area (Å²) in [6, 6.07) is 13.1. The molecule has 3 aliphatic heterocycles. The van der Waals surface area contributed by atoms with Gasteiger partial charge in [0.05, 0.1) is 22.1 Å². The molecular formula is C31H27Cl2FN4O3. The molecule has 1 saturated heterocycles. The van der Waals surface area contributed by atoms with Crippen LogP contribution < -0.4 is 5.32 Å². The van der Waals surface area contributed by atoms with Crippen LogP contribution in [0.1, 0.15) is 58.5 Å². The Balaban J connectivity index is 1.54. The molecule has 7 nitrogen and oxygen atoms in total. The molecule has 1 fully saturated rings. The minimum Gasteiger partial charge on any atom is -0.478 e. The number of amides is 1. The van der Waals surface area contributed by atoms with E-state index in [9.17, 15) is 14.7 Å². The van der Waals surface area contributed by atoms with Crippen LogP contribution in [0.3, 0.4) is 0 Å². The van der Waals surface area contributed by atoms with Crippen LogP contribution >= 0.6 is 23.2 Å². The first-order valence-electron chi connectivity index (χ1n) is 13.6. The molecule has 0 bridgehead atoms. The van der Waals surface area contributed by atoms with Crippen LogP contribution in [0.5, 0.6) is 0 Å². The summed E-state index contributed by atoms with van der Waals surface area (Å²) in [5.74, 6) is -2.31. The molecule has 1 amide bonds. The van der Waals surface area contributed by atoms with Gasteiger partial charge < -0.3 is 10.4 Å². The van der Waals surface area contributed by atoms with Crippen molar-refractivity contribution >= 4 is 51.7 Å². The number of hydrogen-bond donors (Lipinski definition) is 2. The maximum atomic E-state index is 16.1. The monoisotopic (exact) mass is 592 g/mol. The van der Waals surface area contributed by atoms with E-state index < -0.39 is 29.3 Å². The molecule has 0 radical (unpaired) electrons. The van der Waals surface area contributed by atoms with Crippen molar-refractivity contribution in [2.45, 2.75) is 50.7 Å². The third-order valence-electron chi connectivity index (χ3n) is 8.97. The number of aromatic nitrogens is 2. The zero-order chi connectivity index (χ0) is 29.0. The molecule has 7 rings (SSSR count). The summed E-state index contributed by atoms with van der Waals surface area (Å²) in [5.41, 5.74) is 2.78. The highest BCUT2D eigenvalue weighted by Crippen LogP contribution is 2.63. The molecule has 4 aromatic rings. The van der Waals surface area contributed by atoms with Gasteiger partial charge in [-0.15, -0.1) is 0 Å². The average molecular weight is 593 g/mol. The Labute approximate surface area is 245 Å².